The molecule has 4 heterocycles. The smallest absolute Gasteiger partial charge is 0.249 e. The Balaban J connectivity index is 1.67. The zero-order valence-corrected chi connectivity index (χ0v) is 13.0. The lowest BCUT2D eigenvalue weighted by Gasteiger charge is -2.11. The van der Waals surface area contributed by atoms with E-state index in [0.717, 1.165) is 17.0 Å². The second-order valence-corrected chi connectivity index (χ2v) is 5.60. The zero-order chi connectivity index (χ0) is 15.6. The molecule has 0 aliphatic carbocycles. The molecule has 0 aliphatic rings. The Morgan fingerprint density at radius 3 is 2.96 bits per heavy atom. The number of imidazole rings is 1. The molecule has 0 saturated carbocycles. The molecule has 0 aromatic carbocycles. The quantitative estimate of drug-likeness (QED) is 0.574. The highest BCUT2D eigenvalue weighted by Crippen LogP contribution is 2.26. The van der Waals surface area contributed by atoms with Crippen molar-refractivity contribution in [2.24, 2.45) is 0 Å². The van der Waals surface area contributed by atoms with Gasteiger partial charge in [-0.25, -0.2) is 9.36 Å². The van der Waals surface area contributed by atoms with Gasteiger partial charge in [0.15, 0.2) is 0 Å². The molecule has 4 rings (SSSR count). The summed E-state index contributed by atoms with van der Waals surface area (Å²) in [5.41, 5.74) is 1.79. The summed E-state index contributed by atoms with van der Waals surface area (Å²) in [5, 5.41) is 6.00. The van der Waals surface area contributed by atoms with E-state index in [0.29, 0.717) is 11.7 Å². The molecule has 0 bridgehead atoms. The maximum Gasteiger partial charge on any atom is 0.249 e. The van der Waals surface area contributed by atoms with Crippen molar-refractivity contribution in [3.05, 3.63) is 54.4 Å². The van der Waals surface area contributed by atoms with Crippen LogP contribution in [0, 0.1) is 0 Å². The molecule has 0 amide bonds. The maximum absolute atomic E-state index is 5.43. The monoisotopic (exact) mass is 324 g/mol. The van der Waals surface area contributed by atoms with Crippen LogP contribution in [0.15, 0.2) is 53.0 Å². The Hall–Kier alpha value is -2.87. The predicted molar refractivity (Wildman–Crippen MR) is 84.7 cm³/mol. The SMILES string of the molecule is CC(c1nc(-c2cccnc2)no1)n1ccnc1-c1cnsc1. The Kier molecular flexibility index (Phi) is 3.43. The first-order valence-electron chi connectivity index (χ1n) is 6.99. The molecule has 1 atom stereocenters. The molecule has 0 spiro atoms. The van der Waals surface area contributed by atoms with E-state index in [9.17, 15) is 0 Å². The van der Waals surface area contributed by atoms with Crippen molar-refractivity contribution in [2.75, 3.05) is 0 Å². The zero-order valence-electron chi connectivity index (χ0n) is 12.2. The van der Waals surface area contributed by atoms with E-state index < -0.39 is 0 Å². The van der Waals surface area contributed by atoms with E-state index in [1.165, 1.54) is 11.5 Å². The van der Waals surface area contributed by atoms with Crippen LogP contribution < -0.4 is 0 Å². The first-order chi connectivity index (χ1) is 11.3. The van der Waals surface area contributed by atoms with Gasteiger partial charge in [0.1, 0.15) is 11.9 Å². The van der Waals surface area contributed by atoms with Gasteiger partial charge < -0.3 is 9.09 Å². The summed E-state index contributed by atoms with van der Waals surface area (Å²) in [4.78, 5) is 12.9. The molecule has 0 N–H and O–H groups in total. The lowest BCUT2D eigenvalue weighted by molar-refractivity contribution is 0.346. The van der Waals surface area contributed by atoms with Gasteiger partial charge in [-0.3, -0.25) is 4.98 Å². The number of hydrogen-bond donors (Lipinski definition) is 0. The van der Waals surface area contributed by atoms with Crippen molar-refractivity contribution < 1.29 is 4.52 Å². The van der Waals surface area contributed by atoms with Crippen molar-refractivity contribution in [2.45, 2.75) is 13.0 Å². The third kappa shape index (κ3) is 2.53. The Morgan fingerprint density at radius 2 is 2.17 bits per heavy atom. The summed E-state index contributed by atoms with van der Waals surface area (Å²) < 4.78 is 11.5. The summed E-state index contributed by atoms with van der Waals surface area (Å²) in [7, 11) is 0. The second-order valence-electron chi connectivity index (χ2n) is 4.95. The fourth-order valence-electron chi connectivity index (χ4n) is 2.30. The molecule has 4 aromatic heterocycles. The third-order valence-corrected chi connectivity index (χ3v) is 4.08. The normalized spacial score (nSPS) is 12.4. The molecule has 0 saturated heterocycles. The molecule has 8 heteroatoms. The Bertz CT molecular complexity index is 899. The molecule has 0 fully saturated rings. The molecule has 0 radical (unpaired) electrons. The van der Waals surface area contributed by atoms with E-state index >= 15 is 0 Å². The molecule has 1 unspecified atom stereocenters. The highest BCUT2D eigenvalue weighted by Gasteiger charge is 2.20. The van der Waals surface area contributed by atoms with Gasteiger partial charge in [-0.15, -0.1) is 0 Å². The lowest BCUT2D eigenvalue weighted by Crippen LogP contribution is -2.07. The van der Waals surface area contributed by atoms with E-state index in [2.05, 4.69) is 24.5 Å². The van der Waals surface area contributed by atoms with Crippen LogP contribution in [0.25, 0.3) is 22.8 Å². The third-order valence-electron chi connectivity index (χ3n) is 3.50. The highest BCUT2D eigenvalue weighted by atomic mass is 32.1. The van der Waals surface area contributed by atoms with E-state index in [4.69, 9.17) is 4.52 Å². The van der Waals surface area contributed by atoms with Gasteiger partial charge in [0, 0.05) is 41.3 Å². The molecule has 23 heavy (non-hydrogen) atoms. The standard InChI is InChI=1S/C15H12N6OS/c1-10(21-6-5-17-14(21)12-8-18-23-9-12)15-19-13(20-22-15)11-3-2-4-16-7-11/h2-10H,1H3. The molecular weight excluding hydrogens is 312 g/mol. The van der Waals surface area contributed by atoms with Gasteiger partial charge in [-0.05, 0) is 30.6 Å². The number of rotatable bonds is 4. The van der Waals surface area contributed by atoms with Crippen LogP contribution in [0.2, 0.25) is 0 Å². The average Bonchev–Trinajstić information content (AvgIpc) is 3.34. The van der Waals surface area contributed by atoms with Crippen molar-refractivity contribution in [1.82, 2.24) is 29.0 Å². The van der Waals surface area contributed by atoms with Crippen molar-refractivity contribution >= 4 is 11.5 Å². The van der Waals surface area contributed by atoms with E-state index in [1.54, 1.807) is 24.8 Å². The summed E-state index contributed by atoms with van der Waals surface area (Å²) in [6, 6.07) is 3.60. The van der Waals surface area contributed by atoms with Gasteiger partial charge in [0.25, 0.3) is 0 Å². The van der Waals surface area contributed by atoms with E-state index in [1.807, 2.05) is 35.2 Å². The van der Waals surface area contributed by atoms with Gasteiger partial charge in [-0.2, -0.15) is 4.98 Å². The summed E-state index contributed by atoms with van der Waals surface area (Å²) in [6.07, 6.45) is 8.86. The highest BCUT2D eigenvalue weighted by molar-refractivity contribution is 7.03. The summed E-state index contributed by atoms with van der Waals surface area (Å²) in [5.74, 6) is 1.87. The lowest BCUT2D eigenvalue weighted by atomic mass is 10.2. The van der Waals surface area contributed by atoms with Gasteiger partial charge >= 0.3 is 0 Å². The largest absolute Gasteiger partial charge is 0.337 e. The van der Waals surface area contributed by atoms with Crippen LogP contribution in [-0.2, 0) is 0 Å². The Morgan fingerprint density at radius 1 is 1.22 bits per heavy atom. The summed E-state index contributed by atoms with van der Waals surface area (Å²) >= 11 is 1.39. The van der Waals surface area contributed by atoms with Gasteiger partial charge in [0.2, 0.25) is 11.7 Å². The minimum absolute atomic E-state index is 0.134. The predicted octanol–water partition coefficient (Wildman–Crippen LogP) is 3.06. The fraction of sp³-hybridized carbons (Fsp3) is 0.133. The molecular formula is C15H12N6OS. The van der Waals surface area contributed by atoms with Gasteiger partial charge in [0.05, 0.1) is 6.20 Å². The first kappa shape index (κ1) is 13.8. The minimum Gasteiger partial charge on any atom is -0.337 e. The minimum atomic E-state index is -0.134. The molecule has 7 nitrogen and oxygen atoms in total. The van der Waals surface area contributed by atoms with Crippen LogP contribution in [0.3, 0.4) is 0 Å². The van der Waals surface area contributed by atoms with Crippen molar-refractivity contribution in [1.29, 1.82) is 0 Å². The second kappa shape index (κ2) is 5.73. The maximum atomic E-state index is 5.43. The topological polar surface area (TPSA) is 82.5 Å². The van der Waals surface area contributed by atoms with Crippen molar-refractivity contribution in [3.63, 3.8) is 0 Å². The van der Waals surface area contributed by atoms with Crippen LogP contribution in [0.1, 0.15) is 18.9 Å². The van der Waals surface area contributed by atoms with Crippen LogP contribution in [0.5, 0.6) is 0 Å². The van der Waals surface area contributed by atoms with E-state index in [-0.39, 0.29) is 6.04 Å². The average molecular weight is 324 g/mol. The molecule has 4 aromatic rings. The number of aromatic nitrogens is 6. The number of nitrogens with zero attached hydrogens (tertiary/aromatic N) is 6. The Labute approximate surface area is 135 Å². The molecule has 0 aliphatic heterocycles. The molecule has 114 valence electrons. The van der Waals surface area contributed by atoms with Crippen LogP contribution in [0.4, 0.5) is 0 Å². The van der Waals surface area contributed by atoms with Crippen LogP contribution >= 0.6 is 11.5 Å². The number of pyridine rings is 1. The van der Waals surface area contributed by atoms with Gasteiger partial charge in [-0.1, -0.05) is 5.16 Å². The first-order valence-corrected chi connectivity index (χ1v) is 7.83. The number of hydrogen-bond acceptors (Lipinski definition) is 7. The van der Waals surface area contributed by atoms with Crippen molar-refractivity contribution in [3.8, 4) is 22.8 Å². The summed E-state index contributed by atoms with van der Waals surface area (Å²) in [6.45, 7) is 1.99. The van der Waals surface area contributed by atoms with Crippen LogP contribution in [-0.4, -0.2) is 29.0 Å². The fourth-order valence-corrected chi connectivity index (χ4v) is 2.82.